The molecule has 0 bridgehead atoms. The maximum Gasteiger partial charge on any atom is 0.225 e. The molecule has 9 nitrogen and oxygen atoms in total. The second kappa shape index (κ2) is 9.85. The largest absolute Gasteiger partial charge is 0.384 e. The molecule has 1 aliphatic heterocycles. The average molecular weight is 446 g/mol. The lowest BCUT2D eigenvalue weighted by Crippen LogP contribution is -2.54. The summed E-state index contributed by atoms with van der Waals surface area (Å²) in [5, 5.41) is 22.4. The minimum Gasteiger partial charge on any atom is -0.384 e. The van der Waals surface area contributed by atoms with Crippen LogP contribution >= 0.6 is 0 Å². The summed E-state index contributed by atoms with van der Waals surface area (Å²) in [6, 6.07) is 9.68. The van der Waals surface area contributed by atoms with Crippen molar-refractivity contribution in [1.29, 1.82) is 10.5 Å². The lowest BCUT2D eigenvalue weighted by Gasteiger charge is -2.41. The second-order valence-corrected chi connectivity index (χ2v) is 8.47. The molecule has 1 aliphatic carbocycles. The monoisotopic (exact) mass is 445 g/mol. The summed E-state index contributed by atoms with van der Waals surface area (Å²) in [5.41, 5.74) is 3.27. The summed E-state index contributed by atoms with van der Waals surface area (Å²) in [4.78, 5) is 25.4. The number of ether oxygens (including phenoxy) is 1. The predicted octanol–water partition coefficient (Wildman–Crippen LogP) is 2.91. The summed E-state index contributed by atoms with van der Waals surface area (Å²) in [6.07, 6.45) is 4.08. The van der Waals surface area contributed by atoms with Crippen molar-refractivity contribution in [2.45, 2.75) is 38.1 Å². The fourth-order valence-electron chi connectivity index (χ4n) is 4.19. The third kappa shape index (κ3) is 5.05. The number of nitriles is 2. The number of nitrogens with one attached hydrogen (secondary N) is 1. The van der Waals surface area contributed by atoms with Gasteiger partial charge in [0.2, 0.25) is 5.91 Å². The Hall–Kier alpha value is -3.69. The minimum absolute atomic E-state index is 0.0137. The predicted molar refractivity (Wildman–Crippen MR) is 123 cm³/mol. The van der Waals surface area contributed by atoms with Crippen molar-refractivity contribution in [2.75, 3.05) is 43.6 Å². The Balaban J connectivity index is 1.58. The topological polar surface area (TPSA) is 118 Å². The standard InChI is InChI=1S/C24H27N7O2/c1-16-15-30(8-9-31(16)22(32)6-10-33-2)24-18(13-25)11-21(23(29-24)17-3-4-17)28-19-5-7-27-20(12-19)14-26/h5,7,11-12,16-17H,3-4,6,8-10,15H2,1-2H3,(H,27,28). The van der Waals surface area contributed by atoms with Crippen LogP contribution < -0.4 is 10.2 Å². The summed E-state index contributed by atoms with van der Waals surface area (Å²) < 4.78 is 5.04. The van der Waals surface area contributed by atoms with Crippen LogP contribution in [0.2, 0.25) is 0 Å². The zero-order valence-electron chi connectivity index (χ0n) is 18.9. The number of piperazine rings is 1. The van der Waals surface area contributed by atoms with Gasteiger partial charge in [-0.1, -0.05) is 0 Å². The number of carbonyl (C=O) groups excluding carboxylic acids is 1. The SMILES string of the molecule is COCCC(=O)N1CCN(c2nc(C3CC3)c(Nc3ccnc(C#N)c3)cc2C#N)CC1C. The quantitative estimate of drug-likeness (QED) is 0.691. The van der Waals surface area contributed by atoms with Gasteiger partial charge in [0.05, 0.1) is 30.0 Å². The number of pyridine rings is 2. The van der Waals surface area contributed by atoms with Gasteiger partial charge in [0.15, 0.2) is 0 Å². The normalized spacial score (nSPS) is 17.9. The van der Waals surface area contributed by atoms with Crippen LogP contribution in [-0.4, -0.2) is 60.2 Å². The van der Waals surface area contributed by atoms with Gasteiger partial charge in [-0.2, -0.15) is 10.5 Å². The molecule has 2 aromatic rings. The summed E-state index contributed by atoms with van der Waals surface area (Å²) in [6.45, 7) is 4.27. The summed E-state index contributed by atoms with van der Waals surface area (Å²) >= 11 is 0. The molecule has 1 saturated carbocycles. The van der Waals surface area contributed by atoms with Crippen molar-refractivity contribution in [1.82, 2.24) is 14.9 Å². The first-order chi connectivity index (χ1) is 16.0. The van der Waals surface area contributed by atoms with Gasteiger partial charge < -0.3 is 19.9 Å². The van der Waals surface area contributed by atoms with Crippen LogP contribution in [-0.2, 0) is 9.53 Å². The van der Waals surface area contributed by atoms with E-state index in [2.05, 4.69) is 21.3 Å². The van der Waals surface area contributed by atoms with Crippen molar-refractivity contribution in [3.8, 4) is 12.1 Å². The van der Waals surface area contributed by atoms with E-state index in [0.29, 0.717) is 55.7 Å². The molecule has 1 N–H and O–H groups in total. The first-order valence-electron chi connectivity index (χ1n) is 11.2. The number of hydrogen-bond donors (Lipinski definition) is 1. The molecule has 3 heterocycles. The highest BCUT2D eigenvalue weighted by Gasteiger charge is 2.33. The van der Waals surface area contributed by atoms with E-state index < -0.39 is 0 Å². The Morgan fingerprint density at radius 3 is 2.76 bits per heavy atom. The highest BCUT2D eigenvalue weighted by Crippen LogP contribution is 2.44. The van der Waals surface area contributed by atoms with Gasteiger partial charge in [0.1, 0.15) is 23.7 Å². The zero-order chi connectivity index (χ0) is 23.4. The molecule has 0 aromatic carbocycles. The van der Waals surface area contributed by atoms with Crippen LogP contribution in [0.4, 0.5) is 17.2 Å². The highest BCUT2D eigenvalue weighted by atomic mass is 16.5. The van der Waals surface area contributed by atoms with E-state index in [1.807, 2.05) is 24.0 Å². The minimum atomic E-state index is 0.0137. The highest BCUT2D eigenvalue weighted by molar-refractivity contribution is 5.77. The maximum atomic E-state index is 12.5. The Morgan fingerprint density at radius 1 is 1.27 bits per heavy atom. The van der Waals surface area contributed by atoms with Crippen LogP contribution in [0.1, 0.15) is 49.1 Å². The number of methoxy groups -OCH3 is 1. The molecule has 1 atom stereocenters. The molecule has 2 fully saturated rings. The van der Waals surface area contributed by atoms with Crippen molar-refractivity contribution in [3.63, 3.8) is 0 Å². The number of nitrogens with zero attached hydrogens (tertiary/aromatic N) is 6. The Labute approximate surface area is 193 Å². The van der Waals surface area contributed by atoms with Crippen LogP contribution in [0.25, 0.3) is 0 Å². The number of carbonyl (C=O) groups is 1. The third-order valence-corrected chi connectivity index (χ3v) is 6.04. The summed E-state index contributed by atoms with van der Waals surface area (Å²) in [7, 11) is 1.59. The lowest BCUT2D eigenvalue weighted by molar-refractivity contribution is -0.134. The molecular formula is C24H27N7O2. The number of hydrogen-bond acceptors (Lipinski definition) is 8. The Morgan fingerprint density at radius 2 is 2.09 bits per heavy atom. The number of aromatic nitrogens is 2. The van der Waals surface area contributed by atoms with E-state index in [9.17, 15) is 10.1 Å². The van der Waals surface area contributed by atoms with E-state index in [-0.39, 0.29) is 11.9 Å². The average Bonchev–Trinajstić information content (AvgIpc) is 3.67. The zero-order valence-corrected chi connectivity index (χ0v) is 18.9. The van der Waals surface area contributed by atoms with Gasteiger partial charge in [-0.15, -0.1) is 0 Å². The molecule has 4 rings (SSSR count). The summed E-state index contributed by atoms with van der Waals surface area (Å²) in [5.74, 6) is 1.11. The van der Waals surface area contributed by atoms with E-state index in [1.165, 1.54) is 0 Å². The van der Waals surface area contributed by atoms with Crippen LogP contribution in [0.3, 0.4) is 0 Å². The van der Waals surface area contributed by atoms with Crippen molar-refractivity contribution in [2.24, 2.45) is 0 Å². The smallest absolute Gasteiger partial charge is 0.225 e. The molecule has 9 heteroatoms. The lowest BCUT2D eigenvalue weighted by atomic mass is 10.1. The molecule has 0 spiro atoms. The van der Waals surface area contributed by atoms with Crippen molar-refractivity contribution in [3.05, 3.63) is 41.3 Å². The second-order valence-electron chi connectivity index (χ2n) is 8.47. The van der Waals surface area contributed by atoms with Gasteiger partial charge in [-0.05, 0) is 38.0 Å². The molecule has 0 radical (unpaired) electrons. The first-order valence-corrected chi connectivity index (χ1v) is 11.2. The molecule has 1 unspecified atom stereocenters. The Kier molecular flexibility index (Phi) is 6.71. The van der Waals surface area contributed by atoms with Crippen LogP contribution in [0, 0.1) is 22.7 Å². The first kappa shape index (κ1) is 22.5. The van der Waals surface area contributed by atoms with Gasteiger partial charge in [0.25, 0.3) is 0 Å². The number of rotatable bonds is 7. The van der Waals surface area contributed by atoms with Crippen molar-refractivity contribution < 1.29 is 9.53 Å². The van der Waals surface area contributed by atoms with E-state index >= 15 is 0 Å². The number of anilines is 3. The van der Waals surface area contributed by atoms with Gasteiger partial charge in [-0.25, -0.2) is 9.97 Å². The molecular weight excluding hydrogens is 418 g/mol. The molecule has 33 heavy (non-hydrogen) atoms. The van der Waals surface area contributed by atoms with Crippen LogP contribution in [0.5, 0.6) is 0 Å². The van der Waals surface area contributed by atoms with Gasteiger partial charge in [0, 0.05) is 50.6 Å². The van der Waals surface area contributed by atoms with E-state index in [4.69, 9.17) is 15.0 Å². The van der Waals surface area contributed by atoms with E-state index in [1.54, 1.807) is 25.4 Å². The molecule has 170 valence electrons. The maximum absolute atomic E-state index is 12.5. The fraction of sp³-hybridized carbons (Fsp3) is 0.458. The van der Waals surface area contributed by atoms with Crippen LogP contribution in [0.15, 0.2) is 24.4 Å². The molecule has 2 aromatic heterocycles. The van der Waals surface area contributed by atoms with Gasteiger partial charge in [-0.3, -0.25) is 4.79 Å². The molecule has 2 aliphatic rings. The van der Waals surface area contributed by atoms with Gasteiger partial charge >= 0.3 is 0 Å². The molecule has 1 saturated heterocycles. The van der Waals surface area contributed by atoms with E-state index in [0.717, 1.165) is 29.9 Å². The molecule has 1 amide bonds. The number of amides is 1. The third-order valence-electron chi connectivity index (χ3n) is 6.04. The van der Waals surface area contributed by atoms with Crippen molar-refractivity contribution >= 4 is 23.1 Å². The fourth-order valence-corrected chi connectivity index (χ4v) is 4.19. The Bertz CT molecular complexity index is 1120.